The Labute approximate surface area is 206 Å². The van der Waals surface area contributed by atoms with Crippen molar-refractivity contribution in [3.8, 4) is 5.75 Å². The summed E-state index contributed by atoms with van der Waals surface area (Å²) in [7, 11) is -2.00. The summed E-state index contributed by atoms with van der Waals surface area (Å²) in [5.74, 6) is -0.686. The fourth-order valence-electron chi connectivity index (χ4n) is 3.92. The van der Waals surface area contributed by atoms with Crippen molar-refractivity contribution >= 4 is 27.5 Å². The summed E-state index contributed by atoms with van der Waals surface area (Å²) in [5, 5.41) is 12.6. The Hall–Kier alpha value is -2.95. The third kappa shape index (κ3) is 6.59. The molecule has 3 atom stereocenters. The van der Waals surface area contributed by atoms with E-state index >= 15 is 0 Å². The molecule has 1 heterocycles. The average molecular weight is 504 g/mol. The first-order valence-electron chi connectivity index (χ1n) is 11.5. The number of fused-ring (bicyclic) bond motifs is 1. The number of benzene rings is 2. The van der Waals surface area contributed by atoms with E-state index in [1.807, 2.05) is 37.3 Å². The number of nitrogens with zero attached hydrogens (tertiary/aromatic N) is 2. The molecule has 9 nitrogen and oxygen atoms in total. The van der Waals surface area contributed by atoms with Gasteiger partial charge in [0.15, 0.2) is 5.75 Å². The molecule has 1 aliphatic heterocycles. The van der Waals surface area contributed by atoms with Crippen molar-refractivity contribution in [1.29, 1.82) is 0 Å². The van der Waals surface area contributed by atoms with E-state index < -0.39 is 22.2 Å². The minimum Gasteiger partial charge on any atom is -0.486 e. The SMILES string of the molecule is C[C@H](CO)N1C[C@H](C)[C@@H](CN(C)S(C)(=O)=O)Oc2c(NC(=O)Cc3ccccc3)cccc2C1=O. The van der Waals surface area contributed by atoms with Crippen molar-refractivity contribution in [2.24, 2.45) is 5.92 Å². The monoisotopic (exact) mass is 503 g/mol. The zero-order valence-corrected chi connectivity index (χ0v) is 21.3. The van der Waals surface area contributed by atoms with E-state index in [4.69, 9.17) is 4.74 Å². The van der Waals surface area contributed by atoms with E-state index in [9.17, 15) is 23.1 Å². The minimum absolute atomic E-state index is 0.0568. The number of aliphatic hydroxyl groups excluding tert-OH is 1. The number of nitrogens with one attached hydrogen (secondary N) is 1. The lowest BCUT2D eigenvalue weighted by Gasteiger charge is -2.38. The molecule has 0 fully saturated rings. The molecule has 0 aliphatic carbocycles. The van der Waals surface area contributed by atoms with Crippen LogP contribution in [0.1, 0.15) is 29.8 Å². The normalized spacial score (nSPS) is 19.4. The fourth-order valence-corrected chi connectivity index (χ4v) is 4.34. The molecule has 0 aromatic heterocycles. The maximum Gasteiger partial charge on any atom is 0.258 e. The van der Waals surface area contributed by atoms with Crippen LogP contribution >= 0.6 is 0 Å². The summed E-state index contributed by atoms with van der Waals surface area (Å²) in [6, 6.07) is 13.7. The smallest absolute Gasteiger partial charge is 0.258 e. The third-order valence-corrected chi connectivity index (χ3v) is 7.46. The predicted octanol–water partition coefficient (Wildman–Crippen LogP) is 1.98. The van der Waals surface area contributed by atoms with Crippen molar-refractivity contribution in [3.05, 3.63) is 59.7 Å². The number of likely N-dealkylation sites (N-methyl/N-ethyl adjacent to an activating group) is 1. The van der Waals surface area contributed by atoms with Crippen molar-refractivity contribution in [2.75, 3.05) is 38.3 Å². The molecule has 35 heavy (non-hydrogen) atoms. The molecule has 2 aromatic carbocycles. The molecule has 2 amide bonds. The molecule has 1 aliphatic rings. The second-order valence-electron chi connectivity index (χ2n) is 9.06. The van der Waals surface area contributed by atoms with Gasteiger partial charge in [-0.3, -0.25) is 9.59 Å². The van der Waals surface area contributed by atoms with Crippen LogP contribution in [0.2, 0.25) is 0 Å². The molecule has 0 spiro atoms. The summed E-state index contributed by atoms with van der Waals surface area (Å²) in [6.07, 6.45) is 0.651. The second kappa shape index (κ2) is 11.2. The molecule has 190 valence electrons. The van der Waals surface area contributed by atoms with Crippen molar-refractivity contribution in [1.82, 2.24) is 9.21 Å². The summed E-state index contributed by atoms with van der Waals surface area (Å²) < 4.78 is 31.7. The quantitative estimate of drug-likeness (QED) is 0.569. The molecule has 0 unspecified atom stereocenters. The van der Waals surface area contributed by atoms with Gasteiger partial charge in [-0.25, -0.2) is 12.7 Å². The first-order valence-corrected chi connectivity index (χ1v) is 13.3. The highest BCUT2D eigenvalue weighted by Gasteiger charge is 2.35. The van der Waals surface area contributed by atoms with Gasteiger partial charge in [0.25, 0.3) is 5.91 Å². The Morgan fingerprint density at radius 3 is 2.54 bits per heavy atom. The molecule has 2 N–H and O–H groups in total. The summed E-state index contributed by atoms with van der Waals surface area (Å²) in [6.45, 7) is 3.72. The lowest BCUT2D eigenvalue weighted by molar-refractivity contribution is -0.115. The number of hydrogen-bond donors (Lipinski definition) is 2. The minimum atomic E-state index is -3.47. The Morgan fingerprint density at radius 2 is 1.91 bits per heavy atom. The van der Waals surface area contributed by atoms with Gasteiger partial charge in [0, 0.05) is 19.5 Å². The van der Waals surface area contributed by atoms with Gasteiger partial charge in [-0.05, 0) is 24.6 Å². The van der Waals surface area contributed by atoms with Gasteiger partial charge >= 0.3 is 0 Å². The molecular weight excluding hydrogens is 470 g/mol. The van der Waals surface area contributed by atoms with Gasteiger partial charge in [0.1, 0.15) is 6.10 Å². The molecule has 3 rings (SSSR count). The maximum atomic E-state index is 13.5. The first kappa shape index (κ1) is 26.7. The van der Waals surface area contributed by atoms with E-state index in [-0.39, 0.29) is 55.2 Å². The Bertz CT molecular complexity index is 1160. The van der Waals surface area contributed by atoms with Crippen LogP contribution in [0, 0.1) is 5.92 Å². The van der Waals surface area contributed by atoms with Gasteiger partial charge in [0.05, 0.1) is 43.1 Å². The summed E-state index contributed by atoms with van der Waals surface area (Å²) in [5.41, 5.74) is 1.40. The third-order valence-electron chi connectivity index (χ3n) is 6.18. The summed E-state index contributed by atoms with van der Waals surface area (Å²) in [4.78, 5) is 27.8. The molecular formula is C25H33N3O6S. The van der Waals surface area contributed by atoms with Crippen molar-refractivity contribution in [3.63, 3.8) is 0 Å². The number of carbonyl (C=O) groups excluding carboxylic acids is 2. The van der Waals surface area contributed by atoms with Crippen LogP contribution in [0.5, 0.6) is 5.75 Å². The Kier molecular flexibility index (Phi) is 8.52. The van der Waals surface area contributed by atoms with Crippen LogP contribution in [-0.2, 0) is 21.2 Å². The molecule has 2 aromatic rings. The van der Waals surface area contributed by atoms with Gasteiger partial charge in [0.2, 0.25) is 15.9 Å². The lowest BCUT2D eigenvalue weighted by Crippen LogP contribution is -2.50. The van der Waals surface area contributed by atoms with Crippen LogP contribution in [-0.4, -0.2) is 79.7 Å². The Morgan fingerprint density at radius 1 is 1.23 bits per heavy atom. The first-order chi connectivity index (χ1) is 16.5. The number of carbonyl (C=O) groups is 2. The second-order valence-corrected chi connectivity index (χ2v) is 11.1. The van der Waals surface area contributed by atoms with Crippen LogP contribution in [0.15, 0.2) is 48.5 Å². The number of aliphatic hydroxyl groups is 1. The highest BCUT2D eigenvalue weighted by Crippen LogP contribution is 2.35. The van der Waals surface area contributed by atoms with Crippen molar-refractivity contribution in [2.45, 2.75) is 32.4 Å². The highest BCUT2D eigenvalue weighted by atomic mass is 32.2. The van der Waals surface area contributed by atoms with E-state index in [1.54, 1.807) is 30.0 Å². The van der Waals surface area contributed by atoms with Crippen LogP contribution in [0.3, 0.4) is 0 Å². The number of amides is 2. The number of ether oxygens (including phenoxy) is 1. The van der Waals surface area contributed by atoms with Gasteiger partial charge < -0.3 is 20.1 Å². The van der Waals surface area contributed by atoms with Crippen LogP contribution in [0.4, 0.5) is 5.69 Å². The molecule has 10 heteroatoms. The van der Waals surface area contributed by atoms with Crippen LogP contribution < -0.4 is 10.1 Å². The number of para-hydroxylation sites is 1. The zero-order valence-electron chi connectivity index (χ0n) is 20.5. The van der Waals surface area contributed by atoms with Crippen molar-refractivity contribution < 1.29 is 27.9 Å². The molecule has 0 bridgehead atoms. The standard InChI is InChI=1S/C25H33N3O6S/c1-17-14-28(18(2)16-29)25(31)20-11-8-12-21(26-23(30)13-19-9-6-5-7-10-19)24(20)34-22(17)15-27(3)35(4,32)33/h5-12,17-18,22,29H,13-16H2,1-4H3,(H,26,30)/t17-,18+,22+/m0/s1. The number of hydrogen-bond acceptors (Lipinski definition) is 6. The fraction of sp³-hybridized carbons (Fsp3) is 0.440. The lowest BCUT2D eigenvalue weighted by atomic mass is 9.99. The van der Waals surface area contributed by atoms with Crippen LogP contribution in [0.25, 0.3) is 0 Å². The van der Waals surface area contributed by atoms with Gasteiger partial charge in [-0.2, -0.15) is 0 Å². The number of anilines is 1. The molecule has 0 saturated carbocycles. The highest BCUT2D eigenvalue weighted by molar-refractivity contribution is 7.88. The predicted molar refractivity (Wildman–Crippen MR) is 134 cm³/mol. The van der Waals surface area contributed by atoms with Gasteiger partial charge in [-0.1, -0.05) is 43.3 Å². The summed E-state index contributed by atoms with van der Waals surface area (Å²) >= 11 is 0. The molecule has 0 saturated heterocycles. The molecule has 0 radical (unpaired) electrons. The number of rotatable bonds is 8. The average Bonchev–Trinajstić information content (AvgIpc) is 2.81. The largest absolute Gasteiger partial charge is 0.486 e. The van der Waals surface area contributed by atoms with E-state index in [2.05, 4.69) is 5.32 Å². The topological polar surface area (TPSA) is 116 Å². The zero-order chi connectivity index (χ0) is 25.8. The van der Waals surface area contributed by atoms with E-state index in [0.717, 1.165) is 11.8 Å². The van der Waals surface area contributed by atoms with Gasteiger partial charge in [-0.15, -0.1) is 0 Å². The Balaban J connectivity index is 2.00. The van der Waals surface area contributed by atoms with E-state index in [1.165, 1.54) is 11.4 Å². The van der Waals surface area contributed by atoms with E-state index in [0.29, 0.717) is 5.69 Å². The number of sulfonamides is 1. The maximum absolute atomic E-state index is 13.5.